The lowest BCUT2D eigenvalue weighted by atomic mass is 9.95. The molecule has 2 nitrogen and oxygen atoms in total. The van der Waals surface area contributed by atoms with Crippen molar-refractivity contribution in [3.8, 4) is 0 Å². The van der Waals surface area contributed by atoms with Crippen molar-refractivity contribution in [1.29, 1.82) is 0 Å². The topological polar surface area (TPSA) is 21.3 Å². The molecule has 100 valence electrons. The lowest BCUT2D eigenvalue weighted by Gasteiger charge is -2.22. The maximum atomic E-state index is 5.77. The van der Waals surface area contributed by atoms with Gasteiger partial charge in [0.2, 0.25) is 0 Å². The van der Waals surface area contributed by atoms with E-state index >= 15 is 0 Å². The first-order valence-electron chi connectivity index (χ1n) is 7.76. The largest absolute Gasteiger partial charge is 0.381 e. The van der Waals surface area contributed by atoms with Gasteiger partial charge in [0.1, 0.15) is 0 Å². The molecule has 2 rings (SSSR count). The average Bonchev–Trinajstić information content (AvgIpc) is 2.88. The molecular formula is C15H29NO. The predicted octanol–water partition coefficient (Wildman–Crippen LogP) is 3.51. The Kier molecular flexibility index (Phi) is 6.36. The van der Waals surface area contributed by atoms with Gasteiger partial charge in [-0.3, -0.25) is 0 Å². The van der Waals surface area contributed by atoms with Crippen molar-refractivity contribution in [2.45, 2.75) is 70.3 Å². The smallest absolute Gasteiger partial charge is 0.0494 e. The Morgan fingerprint density at radius 1 is 0.882 bits per heavy atom. The molecule has 0 amide bonds. The van der Waals surface area contributed by atoms with E-state index in [0.717, 1.165) is 31.7 Å². The Morgan fingerprint density at radius 3 is 2.35 bits per heavy atom. The molecular weight excluding hydrogens is 210 g/mol. The van der Waals surface area contributed by atoms with Gasteiger partial charge < -0.3 is 10.1 Å². The van der Waals surface area contributed by atoms with Gasteiger partial charge in [0, 0.05) is 19.3 Å². The second kappa shape index (κ2) is 8.10. The zero-order chi connectivity index (χ0) is 11.8. The number of ether oxygens (including phenoxy) is 1. The molecule has 2 saturated carbocycles. The van der Waals surface area contributed by atoms with E-state index in [1.807, 2.05) is 0 Å². The van der Waals surface area contributed by atoms with E-state index < -0.39 is 0 Å². The molecule has 2 fully saturated rings. The van der Waals surface area contributed by atoms with Gasteiger partial charge in [-0.2, -0.15) is 0 Å². The van der Waals surface area contributed by atoms with Crippen LogP contribution < -0.4 is 5.32 Å². The van der Waals surface area contributed by atoms with Gasteiger partial charge in [0.25, 0.3) is 0 Å². The molecule has 2 aliphatic carbocycles. The first-order valence-corrected chi connectivity index (χ1v) is 7.76. The molecule has 0 aromatic heterocycles. The Balaban J connectivity index is 1.38. The van der Waals surface area contributed by atoms with Crippen LogP contribution in [0.2, 0.25) is 0 Å². The Morgan fingerprint density at radius 2 is 1.59 bits per heavy atom. The summed E-state index contributed by atoms with van der Waals surface area (Å²) in [5.74, 6) is 0.876. The first kappa shape index (κ1) is 13.4. The van der Waals surface area contributed by atoms with Crippen molar-refractivity contribution >= 4 is 0 Å². The Bertz CT molecular complexity index is 183. The van der Waals surface area contributed by atoms with Gasteiger partial charge >= 0.3 is 0 Å². The zero-order valence-electron chi connectivity index (χ0n) is 11.3. The van der Waals surface area contributed by atoms with Crippen LogP contribution in [-0.4, -0.2) is 25.8 Å². The van der Waals surface area contributed by atoms with E-state index in [1.54, 1.807) is 0 Å². The molecule has 0 aromatic rings. The lowest BCUT2D eigenvalue weighted by Crippen LogP contribution is -2.32. The van der Waals surface area contributed by atoms with Crippen molar-refractivity contribution in [1.82, 2.24) is 5.32 Å². The predicted molar refractivity (Wildman–Crippen MR) is 72.3 cm³/mol. The maximum Gasteiger partial charge on any atom is 0.0494 e. The summed E-state index contributed by atoms with van der Waals surface area (Å²) in [6.07, 6.45) is 13.9. The molecule has 0 saturated heterocycles. The van der Waals surface area contributed by atoms with Crippen LogP contribution in [0.3, 0.4) is 0 Å². The van der Waals surface area contributed by atoms with E-state index in [-0.39, 0.29) is 0 Å². The summed E-state index contributed by atoms with van der Waals surface area (Å²) in [6, 6.07) is 0.804. The molecule has 0 atom stereocenters. The van der Waals surface area contributed by atoms with Crippen LogP contribution in [0.5, 0.6) is 0 Å². The number of rotatable bonds is 7. The van der Waals surface area contributed by atoms with Crippen LogP contribution in [0.4, 0.5) is 0 Å². The quantitative estimate of drug-likeness (QED) is 0.687. The molecule has 0 aromatic carbocycles. The van der Waals surface area contributed by atoms with Crippen LogP contribution in [0.25, 0.3) is 0 Å². The third-order valence-corrected chi connectivity index (χ3v) is 4.33. The van der Waals surface area contributed by atoms with Gasteiger partial charge in [0.15, 0.2) is 0 Å². The molecule has 0 heterocycles. The molecule has 0 radical (unpaired) electrons. The first-order chi connectivity index (χ1) is 8.45. The monoisotopic (exact) mass is 239 g/mol. The molecule has 0 spiro atoms. The highest BCUT2D eigenvalue weighted by Gasteiger charge is 2.14. The van der Waals surface area contributed by atoms with Crippen LogP contribution in [-0.2, 0) is 4.74 Å². The molecule has 0 bridgehead atoms. The highest BCUT2D eigenvalue weighted by Crippen LogP contribution is 2.24. The summed E-state index contributed by atoms with van der Waals surface area (Å²) in [7, 11) is 0. The van der Waals surface area contributed by atoms with Crippen molar-refractivity contribution in [2.75, 3.05) is 19.8 Å². The number of hydrogen-bond acceptors (Lipinski definition) is 2. The third kappa shape index (κ3) is 5.39. The van der Waals surface area contributed by atoms with E-state index in [4.69, 9.17) is 4.74 Å². The summed E-state index contributed by atoms with van der Waals surface area (Å²) >= 11 is 0. The highest BCUT2D eigenvalue weighted by molar-refractivity contribution is 4.71. The second-order valence-corrected chi connectivity index (χ2v) is 5.87. The van der Waals surface area contributed by atoms with Crippen LogP contribution >= 0.6 is 0 Å². The molecule has 2 aliphatic rings. The van der Waals surface area contributed by atoms with E-state index in [0.29, 0.717) is 0 Å². The summed E-state index contributed by atoms with van der Waals surface area (Å²) in [4.78, 5) is 0. The molecule has 1 N–H and O–H groups in total. The highest BCUT2D eigenvalue weighted by atomic mass is 16.5. The average molecular weight is 239 g/mol. The van der Waals surface area contributed by atoms with Crippen molar-refractivity contribution in [3.05, 3.63) is 0 Å². The van der Waals surface area contributed by atoms with Crippen molar-refractivity contribution < 1.29 is 4.74 Å². The molecule has 0 unspecified atom stereocenters. The van der Waals surface area contributed by atoms with Crippen LogP contribution in [0.1, 0.15) is 64.2 Å². The van der Waals surface area contributed by atoms with Crippen molar-refractivity contribution in [3.63, 3.8) is 0 Å². The van der Waals surface area contributed by atoms with Gasteiger partial charge in [-0.25, -0.2) is 0 Å². The van der Waals surface area contributed by atoms with Gasteiger partial charge in [-0.15, -0.1) is 0 Å². The second-order valence-electron chi connectivity index (χ2n) is 5.87. The maximum absolute atomic E-state index is 5.77. The summed E-state index contributed by atoms with van der Waals surface area (Å²) in [5.41, 5.74) is 0. The van der Waals surface area contributed by atoms with E-state index in [1.165, 1.54) is 64.2 Å². The fourth-order valence-electron chi connectivity index (χ4n) is 3.21. The van der Waals surface area contributed by atoms with E-state index in [2.05, 4.69) is 5.32 Å². The van der Waals surface area contributed by atoms with Crippen LogP contribution in [0.15, 0.2) is 0 Å². The summed E-state index contributed by atoms with van der Waals surface area (Å²) < 4.78 is 5.77. The van der Waals surface area contributed by atoms with Gasteiger partial charge in [-0.05, 0) is 44.6 Å². The van der Waals surface area contributed by atoms with Gasteiger partial charge in [0.05, 0.1) is 0 Å². The van der Waals surface area contributed by atoms with Crippen molar-refractivity contribution in [2.24, 2.45) is 5.92 Å². The lowest BCUT2D eigenvalue weighted by molar-refractivity contribution is 0.0986. The Labute approximate surface area is 107 Å². The summed E-state index contributed by atoms with van der Waals surface area (Å²) in [6.45, 7) is 3.12. The van der Waals surface area contributed by atoms with Crippen LogP contribution in [0, 0.1) is 5.92 Å². The normalized spacial score (nSPS) is 23.3. The number of hydrogen-bond donors (Lipinski definition) is 1. The standard InChI is InChI=1S/C15H29NO/c1-2-9-15(10-3-1)16-11-6-12-17-13-14-7-4-5-8-14/h14-16H,1-13H2. The number of nitrogens with one attached hydrogen (secondary N) is 1. The minimum atomic E-state index is 0.804. The zero-order valence-corrected chi connectivity index (χ0v) is 11.3. The minimum Gasteiger partial charge on any atom is -0.381 e. The SMILES string of the molecule is C1CCC(NCCCOCC2CCCC2)CC1. The Hall–Kier alpha value is -0.0800. The molecule has 2 heteroatoms. The molecule has 0 aliphatic heterocycles. The minimum absolute atomic E-state index is 0.804. The summed E-state index contributed by atoms with van der Waals surface area (Å²) in [5, 5.41) is 3.67. The van der Waals surface area contributed by atoms with E-state index in [9.17, 15) is 0 Å². The van der Waals surface area contributed by atoms with Gasteiger partial charge in [-0.1, -0.05) is 32.1 Å². The fourth-order valence-corrected chi connectivity index (χ4v) is 3.21. The third-order valence-electron chi connectivity index (χ3n) is 4.33. The fraction of sp³-hybridized carbons (Fsp3) is 1.00. The molecule has 17 heavy (non-hydrogen) atoms.